The zero-order chi connectivity index (χ0) is 16.2. The van der Waals surface area contributed by atoms with E-state index in [2.05, 4.69) is 32.0 Å². The van der Waals surface area contributed by atoms with Crippen LogP contribution in [0.1, 0.15) is 41.5 Å². The summed E-state index contributed by atoms with van der Waals surface area (Å²) in [6.45, 7) is 6.48. The van der Waals surface area contributed by atoms with Crippen molar-refractivity contribution < 1.29 is 9.47 Å². The number of aryl methyl sites for hydroxylation is 2. The zero-order valence-corrected chi connectivity index (χ0v) is 14.2. The fraction of sp³-hybridized carbons (Fsp3) is 0.556. The molecule has 23 heavy (non-hydrogen) atoms. The molecule has 2 aromatic rings. The number of rotatable bonds is 5. The third-order valence-electron chi connectivity index (χ3n) is 4.39. The molecule has 124 valence electrons. The second-order valence-corrected chi connectivity index (χ2v) is 6.22. The van der Waals surface area contributed by atoms with E-state index in [4.69, 9.17) is 19.6 Å². The maximum Gasteiger partial charge on any atom is 0.154 e. The topological polar surface area (TPSA) is 49.2 Å². The molecule has 1 aromatic heterocycles. The standard InChI is InChI=1S/C18H25N3O2/c1-13-4-5-16(14(2)12-13)21-17(8-9-22-3)19-18(20-21)15-6-10-23-11-7-15/h4-5,12,15H,6-11H2,1-3H3. The molecule has 0 atom stereocenters. The summed E-state index contributed by atoms with van der Waals surface area (Å²) in [6, 6.07) is 6.44. The highest BCUT2D eigenvalue weighted by atomic mass is 16.5. The first-order valence-corrected chi connectivity index (χ1v) is 8.29. The number of hydrogen-bond donors (Lipinski definition) is 0. The van der Waals surface area contributed by atoms with Crippen LogP contribution in [-0.2, 0) is 15.9 Å². The Hall–Kier alpha value is -1.72. The van der Waals surface area contributed by atoms with Crippen molar-refractivity contribution in [2.75, 3.05) is 26.9 Å². The summed E-state index contributed by atoms with van der Waals surface area (Å²) >= 11 is 0. The minimum Gasteiger partial charge on any atom is -0.384 e. The summed E-state index contributed by atoms with van der Waals surface area (Å²) in [4.78, 5) is 4.83. The van der Waals surface area contributed by atoms with E-state index in [0.29, 0.717) is 12.5 Å². The van der Waals surface area contributed by atoms with E-state index < -0.39 is 0 Å². The van der Waals surface area contributed by atoms with Gasteiger partial charge in [-0.15, -0.1) is 0 Å². The van der Waals surface area contributed by atoms with E-state index in [1.54, 1.807) is 7.11 Å². The van der Waals surface area contributed by atoms with E-state index in [0.717, 1.165) is 49.8 Å². The number of aromatic nitrogens is 3. The molecule has 0 radical (unpaired) electrons. The van der Waals surface area contributed by atoms with Crippen LogP contribution in [0.4, 0.5) is 0 Å². The quantitative estimate of drug-likeness (QED) is 0.851. The molecule has 1 aliphatic rings. The molecule has 0 spiro atoms. The Morgan fingerprint density at radius 3 is 2.74 bits per heavy atom. The molecule has 1 aliphatic heterocycles. The zero-order valence-electron chi connectivity index (χ0n) is 14.2. The van der Waals surface area contributed by atoms with Crippen molar-refractivity contribution in [3.05, 3.63) is 41.0 Å². The van der Waals surface area contributed by atoms with Gasteiger partial charge in [-0.25, -0.2) is 9.67 Å². The van der Waals surface area contributed by atoms with Gasteiger partial charge in [0.1, 0.15) is 5.82 Å². The molecule has 0 unspecified atom stereocenters. The van der Waals surface area contributed by atoms with Gasteiger partial charge in [-0.2, -0.15) is 5.10 Å². The van der Waals surface area contributed by atoms with Crippen molar-refractivity contribution in [2.45, 2.75) is 39.0 Å². The number of hydrogen-bond acceptors (Lipinski definition) is 4. The van der Waals surface area contributed by atoms with Crippen molar-refractivity contribution in [3.63, 3.8) is 0 Å². The Morgan fingerprint density at radius 2 is 2.04 bits per heavy atom. The van der Waals surface area contributed by atoms with Gasteiger partial charge < -0.3 is 9.47 Å². The van der Waals surface area contributed by atoms with Gasteiger partial charge in [0.25, 0.3) is 0 Å². The lowest BCUT2D eigenvalue weighted by Gasteiger charge is -2.18. The molecule has 3 rings (SSSR count). The molecule has 0 amide bonds. The van der Waals surface area contributed by atoms with Gasteiger partial charge in [0.2, 0.25) is 0 Å². The molecule has 0 N–H and O–H groups in total. The molecule has 1 fully saturated rings. The Bertz CT molecular complexity index is 660. The van der Waals surface area contributed by atoms with Gasteiger partial charge in [0, 0.05) is 32.7 Å². The Labute approximate surface area is 137 Å². The van der Waals surface area contributed by atoms with Gasteiger partial charge >= 0.3 is 0 Å². The van der Waals surface area contributed by atoms with E-state index in [9.17, 15) is 0 Å². The highest BCUT2D eigenvalue weighted by Crippen LogP contribution is 2.26. The largest absolute Gasteiger partial charge is 0.384 e. The molecular weight excluding hydrogens is 290 g/mol. The maximum absolute atomic E-state index is 5.46. The summed E-state index contributed by atoms with van der Waals surface area (Å²) in [5.41, 5.74) is 3.58. The lowest BCUT2D eigenvalue weighted by atomic mass is 10.00. The lowest BCUT2D eigenvalue weighted by molar-refractivity contribution is 0.0836. The molecule has 1 aromatic carbocycles. The third-order valence-corrected chi connectivity index (χ3v) is 4.39. The van der Waals surface area contributed by atoms with Crippen LogP contribution in [0.2, 0.25) is 0 Å². The highest BCUT2D eigenvalue weighted by molar-refractivity contribution is 5.42. The molecule has 2 heterocycles. The van der Waals surface area contributed by atoms with Crippen molar-refractivity contribution >= 4 is 0 Å². The van der Waals surface area contributed by atoms with Gasteiger partial charge in [0.05, 0.1) is 12.3 Å². The number of ether oxygens (including phenoxy) is 2. The van der Waals surface area contributed by atoms with Crippen LogP contribution in [0.25, 0.3) is 5.69 Å². The first kappa shape index (κ1) is 16.1. The lowest BCUT2D eigenvalue weighted by Crippen LogP contribution is -2.15. The minimum atomic E-state index is 0.400. The molecule has 5 heteroatoms. The Morgan fingerprint density at radius 1 is 1.26 bits per heavy atom. The predicted molar refractivity (Wildman–Crippen MR) is 89.2 cm³/mol. The summed E-state index contributed by atoms with van der Waals surface area (Å²) in [7, 11) is 1.72. The van der Waals surface area contributed by atoms with Crippen LogP contribution in [0, 0.1) is 13.8 Å². The summed E-state index contributed by atoms with van der Waals surface area (Å²) in [5, 5.41) is 4.84. The van der Waals surface area contributed by atoms with Gasteiger partial charge in [-0.3, -0.25) is 0 Å². The van der Waals surface area contributed by atoms with Crippen molar-refractivity contribution in [1.82, 2.24) is 14.8 Å². The van der Waals surface area contributed by atoms with Crippen molar-refractivity contribution in [3.8, 4) is 5.69 Å². The molecule has 5 nitrogen and oxygen atoms in total. The second-order valence-electron chi connectivity index (χ2n) is 6.22. The molecule has 0 aliphatic carbocycles. The van der Waals surface area contributed by atoms with Crippen molar-refractivity contribution in [2.24, 2.45) is 0 Å². The fourth-order valence-corrected chi connectivity index (χ4v) is 3.08. The van der Waals surface area contributed by atoms with E-state index in [1.165, 1.54) is 11.1 Å². The Balaban J connectivity index is 1.97. The molecule has 0 saturated carbocycles. The average Bonchev–Trinajstić information content (AvgIpc) is 2.97. The van der Waals surface area contributed by atoms with Gasteiger partial charge in [-0.05, 0) is 38.3 Å². The van der Waals surface area contributed by atoms with Crippen LogP contribution in [0.5, 0.6) is 0 Å². The van der Waals surface area contributed by atoms with Crippen molar-refractivity contribution in [1.29, 1.82) is 0 Å². The number of nitrogens with zero attached hydrogens (tertiary/aromatic N) is 3. The van der Waals surface area contributed by atoms with E-state index in [1.807, 2.05) is 4.68 Å². The normalized spacial score (nSPS) is 16.0. The fourth-order valence-electron chi connectivity index (χ4n) is 3.08. The summed E-state index contributed by atoms with van der Waals surface area (Å²) in [5.74, 6) is 2.32. The first-order chi connectivity index (χ1) is 11.2. The van der Waals surface area contributed by atoms with Crippen LogP contribution in [0.15, 0.2) is 18.2 Å². The molecule has 1 saturated heterocycles. The average molecular weight is 315 g/mol. The molecule has 0 bridgehead atoms. The van der Waals surface area contributed by atoms with Crippen LogP contribution < -0.4 is 0 Å². The smallest absolute Gasteiger partial charge is 0.154 e. The highest BCUT2D eigenvalue weighted by Gasteiger charge is 2.22. The van der Waals surface area contributed by atoms with Gasteiger partial charge in [0.15, 0.2) is 5.82 Å². The number of benzene rings is 1. The predicted octanol–water partition coefficient (Wildman–Crippen LogP) is 2.97. The summed E-state index contributed by atoms with van der Waals surface area (Å²) < 4.78 is 12.7. The first-order valence-electron chi connectivity index (χ1n) is 8.29. The third kappa shape index (κ3) is 3.62. The monoisotopic (exact) mass is 315 g/mol. The Kier molecular flexibility index (Phi) is 5.08. The summed E-state index contributed by atoms with van der Waals surface area (Å²) in [6.07, 6.45) is 2.77. The SMILES string of the molecule is COCCc1nc(C2CCOCC2)nn1-c1ccc(C)cc1C. The van der Waals surface area contributed by atoms with E-state index >= 15 is 0 Å². The number of methoxy groups -OCH3 is 1. The van der Waals surface area contributed by atoms with E-state index in [-0.39, 0.29) is 0 Å². The minimum absolute atomic E-state index is 0.400. The van der Waals surface area contributed by atoms with Gasteiger partial charge in [-0.1, -0.05) is 17.7 Å². The van der Waals surface area contributed by atoms with Crippen LogP contribution >= 0.6 is 0 Å². The van der Waals surface area contributed by atoms with Crippen LogP contribution in [0.3, 0.4) is 0 Å². The maximum atomic E-state index is 5.46. The second kappa shape index (κ2) is 7.23. The molecular formula is C18H25N3O2. The van der Waals surface area contributed by atoms with Crippen LogP contribution in [-0.4, -0.2) is 41.7 Å².